The highest BCUT2D eigenvalue weighted by Gasteiger charge is 2.20. The van der Waals surface area contributed by atoms with Crippen LogP contribution in [0.5, 0.6) is 0 Å². The van der Waals surface area contributed by atoms with E-state index in [9.17, 15) is 4.79 Å². The number of piperazine rings is 1. The maximum absolute atomic E-state index is 12.0. The molecule has 1 unspecified atom stereocenters. The number of nitrogens with one attached hydrogen (secondary N) is 1. The topological polar surface area (TPSA) is 44.8 Å². The van der Waals surface area contributed by atoms with Gasteiger partial charge in [-0.2, -0.15) is 0 Å². The number of hydrogen-bond acceptors (Lipinski definition) is 4. The minimum atomic E-state index is 0.288. The van der Waals surface area contributed by atoms with Gasteiger partial charge in [-0.15, -0.1) is 0 Å². The fourth-order valence-electron chi connectivity index (χ4n) is 2.74. The summed E-state index contributed by atoms with van der Waals surface area (Å²) in [7, 11) is 0. The summed E-state index contributed by atoms with van der Waals surface area (Å²) in [5.41, 5.74) is 0. The predicted molar refractivity (Wildman–Crippen MR) is 75.2 cm³/mol. The molecule has 1 amide bonds. The van der Waals surface area contributed by atoms with E-state index in [0.717, 1.165) is 58.8 Å². The number of carbonyl (C=O) groups is 1. The van der Waals surface area contributed by atoms with Crippen molar-refractivity contribution in [2.75, 3.05) is 52.4 Å². The molecular formula is C14H27N3O2. The van der Waals surface area contributed by atoms with Crippen LogP contribution in [0, 0.1) is 0 Å². The van der Waals surface area contributed by atoms with Gasteiger partial charge < -0.3 is 19.9 Å². The van der Waals surface area contributed by atoms with Gasteiger partial charge in [0.1, 0.15) is 0 Å². The van der Waals surface area contributed by atoms with Crippen LogP contribution in [0.3, 0.4) is 0 Å². The molecule has 2 heterocycles. The Balaban J connectivity index is 1.54. The van der Waals surface area contributed by atoms with Crippen LogP contribution in [-0.2, 0) is 9.53 Å². The number of ether oxygens (including phenoxy) is 1. The molecule has 0 aromatic carbocycles. The van der Waals surface area contributed by atoms with Gasteiger partial charge in [0.15, 0.2) is 0 Å². The number of amides is 1. The summed E-state index contributed by atoms with van der Waals surface area (Å²) in [6.07, 6.45) is 3.30. The van der Waals surface area contributed by atoms with Gasteiger partial charge in [-0.3, -0.25) is 4.79 Å². The lowest BCUT2D eigenvalue weighted by molar-refractivity contribution is -0.132. The molecule has 2 saturated heterocycles. The standard InChI is InChI=1S/C14H27N3O2/c1-2-16-7-9-17(10-8-16)14(18)5-6-15-12-13-4-3-11-19-13/h13,15H,2-12H2,1H3. The third-order valence-corrected chi connectivity index (χ3v) is 4.08. The summed E-state index contributed by atoms with van der Waals surface area (Å²) >= 11 is 0. The average molecular weight is 269 g/mol. The first kappa shape index (κ1) is 14.8. The summed E-state index contributed by atoms with van der Waals surface area (Å²) in [5.74, 6) is 0.288. The zero-order chi connectivity index (χ0) is 13.5. The number of hydrogen-bond donors (Lipinski definition) is 1. The van der Waals surface area contributed by atoms with Crippen molar-refractivity contribution >= 4 is 5.91 Å². The molecule has 5 nitrogen and oxygen atoms in total. The van der Waals surface area contributed by atoms with E-state index >= 15 is 0 Å². The van der Waals surface area contributed by atoms with Crippen molar-refractivity contribution in [1.82, 2.24) is 15.1 Å². The van der Waals surface area contributed by atoms with Gasteiger partial charge >= 0.3 is 0 Å². The number of nitrogens with zero attached hydrogens (tertiary/aromatic N) is 2. The summed E-state index contributed by atoms with van der Waals surface area (Å²) in [6, 6.07) is 0. The van der Waals surface area contributed by atoms with E-state index in [-0.39, 0.29) is 5.91 Å². The molecule has 2 fully saturated rings. The number of carbonyl (C=O) groups excluding carboxylic acids is 1. The Labute approximate surface area is 116 Å². The lowest BCUT2D eigenvalue weighted by Gasteiger charge is -2.34. The van der Waals surface area contributed by atoms with Gasteiger partial charge in [0.05, 0.1) is 6.10 Å². The van der Waals surface area contributed by atoms with Crippen molar-refractivity contribution in [3.63, 3.8) is 0 Å². The smallest absolute Gasteiger partial charge is 0.223 e. The molecule has 2 aliphatic heterocycles. The van der Waals surface area contributed by atoms with Crippen LogP contribution in [0.2, 0.25) is 0 Å². The van der Waals surface area contributed by atoms with E-state index < -0.39 is 0 Å². The monoisotopic (exact) mass is 269 g/mol. The predicted octanol–water partition coefficient (Wildman–Crippen LogP) is 0.309. The van der Waals surface area contributed by atoms with Crippen molar-refractivity contribution in [1.29, 1.82) is 0 Å². The first-order chi connectivity index (χ1) is 9.29. The minimum Gasteiger partial charge on any atom is -0.377 e. The zero-order valence-corrected chi connectivity index (χ0v) is 12.1. The molecule has 0 bridgehead atoms. The quantitative estimate of drug-likeness (QED) is 0.705. The second kappa shape index (κ2) is 7.82. The van der Waals surface area contributed by atoms with Gasteiger partial charge in [-0.25, -0.2) is 0 Å². The van der Waals surface area contributed by atoms with Crippen molar-refractivity contribution in [3.05, 3.63) is 0 Å². The molecule has 0 radical (unpaired) electrons. The highest BCUT2D eigenvalue weighted by molar-refractivity contribution is 5.76. The van der Waals surface area contributed by atoms with Crippen molar-refractivity contribution in [2.24, 2.45) is 0 Å². The summed E-state index contributed by atoms with van der Waals surface area (Å²) in [4.78, 5) is 16.4. The average Bonchev–Trinajstić information content (AvgIpc) is 2.96. The van der Waals surface area contributed by atoms with Crippen LogP contribution in [0.4, 0.5) is 0 Å². The molecule has 0 saturated carbocycles. The molecule has 19 heavy (non-hydrogen) atoms. The highest BCUT2D eigenvalue weighted by atomic mass is 16.5. The normalized spacial score (nSPS) is 24.9. The highest BCUT2D eigenvalue weighted by Crippen LogP contribution is 2.10. The van der Waals surface area contributed by atoms with Crippen LogP contribution in [0.15, 0.2) is 0 Å². The molecule has 110 valence electrons. The van der Waals surface area contributed by atoms with Crippen LogP contribution in [0.1, 0.15) is 26.2 Å². The Morgan fingerprint density at radius 1 is 1.32 bits per heavy atom. The van der Waals surface area contributed by atoms with Crippen LogP contribution >= 0.6 is 0 Å². The van der Waals surface area contributed by atoms with Gasteiger partial charge in [0.25, 0.3) is 0 Å². The van der Waals surface area contributed by atoms with E-state index in [0.29, 0.717) is 12.5 Å². The van der Waals surface area contributed by atoms with Crippen molar-refractivity contribution < 1.29 is 9.53 Å². The van der Waals surface area contributed by atoms with Gasteiger partial charge in [-0.1, -0.05) is 6.92 Å². The van der Waals surface area contributed by atoms with Gasteiger partial charge in [-0.05, 0) is 19.4 Å². The molecule has 2 rings (SSSR count). The first-order valence-electron chi connectivity index (χ1n) is 7.62. The summed E-state index contributed by atoms with van der Waals surface area (Å²) < 4.78 is 5.54. The lowest BCUT2D eigenvalue weighted by Crippen LogP contribution is -2.49. The van der Waals surface area contributed by atoms with E-state index in [2.05, 4.69) is 17.1 Å². The molecule has 2 aliphatic rings. The molecule has 0 aliphatic carbocycles. The molecule has 1 atom stereocenters. The molecule has 0 aromatic rings. The van der Waals surface area contributed by atoms with E-state index in [1.165, 1.54) is 6.42 Å². The van der Waals surface area contributed by atoms with Crippen molar-refractivity contribution in [2.45, 2.75) is 32.3 Å². The Morgan fingerprint density at radius 2 is 2.11 bits per heavy atom. The number of likely N-dealkylation sites (N-methyl/N-ethyl adjacent to an activating group) is 1. The second-order valence-electron chi connectivity index (χ2n) is 5.40. The Hall–Kier alpha value is -0.650. The maximum Gasteiger partial charge on any atom is 0.223 e. The Morgan fingerprint density at radius 3 is 2.74 bits per heavy atom. The SMILES string of the molecule is CCN1CCN(C(=O)CCNCC2CCCO2)CC1. The number of rotatable bonds is 6. The van der Waals surface area contributed by atoms with Crippen LogP contribution < -0.4 is 5.32 Å². The van der Waals surface area contributed by atoms with E-state index in [1.807, 2.05) is 4.90 Å². The molecule has 1 N–H and O–H groups in total. The van der Waals surface area contributed by atoms with Gasteiger partial charge in [0, 0.05) is 52.3 Å². The van der Waals surface area contributed by atoms with Gasteiger partial charge in [0.2, 0.25) is 5.91 Å². The molecule has 0 spiro atoms. The molecule has 0 aromatic heterocycles. The summed E-state index contributed by atoms with van der Waals surface area (Å²) in [6.45, 7) is 9.63. The van der Waals surface area contributed by atoms with Crippen LogP contribution in [-0.4, -0.2) is 74.2 Å². The summed E-state index contributed by atoms with van der Waals surface area (Å²) in [5, 5.41) is 3.33. The third-order valence-electron chi connectivity index (χ3n) is 4.08. The van der Waals surface area contributed by atoms with E-state index in [4.69, 9.17) is 4.74 Å². The second-order valence-corrected chi connectivity index (χ2v) is 5.40. The first-order valence-corrected chi connectivity index (χ1v) is 7.62. The fraction of sp³-hybridized carbons (Fsp3) is 0.929. The third kappa shape index (κ3) is 4.75. The minimum absolute atomic E-state index is 0.288. The lowest BCUT2D eigenvalue weighted by atomic mass is 10.2. The van der Waals surface area contributed by atoms with Crippen LogP contribution in [0.25, 0.3) is 0 Å². The largest absolute Gasteiger partial charge is 0.377 e. The Bertz CT molecular complexity index is 272. The fourth-order valence-corrected chi connectivity index (χ4v) is 2.74. The Kier molecular flexibility index (Phi) is 6.07. The van der Waals surface area contributed by atoms with E-state index in [1.54, 1.807) is 0 Å². The maximum atomic E-state index is 12.0. The van der Waals surface area contributed by atoms with Crippen molar-refractivity contribution in [3.8, 4) is 0 Å². The molecule has 5 heteroatoms. The molecular weight excluding hydrogens is 242 g/mol. The zero-order valence-electron chi connectivity index (χ0n) is 12.1.